The molecule has 20 heavy (non-hydrogen) atoms. The Morgan fingerprint density at radius 2 is 2.00 bits per heavy atom. The van der Waals surface area contributed by atoms with Gasteiger partial charge in [0.1, 0.15) is 0 Å². The molecule has 0 aromatic carbocycles. The third-order valence-corrected chi connectivity index (χ3v) is 2.90. The minimum Gasteiger partial charge on any atom is -0.392 e. The topological polar surface area (TPSA) is 50.9 Å². The molecule has 0 atom stereocenters. The highest BCUT2D eigenvalue weighted by Gasteiger charge is 2.30. The van der Waals surface area contributed by atoms with E-state index in [-0.39, 0.29) is 6.61 Å². The maximum absolute atomic E-state index is 12.5. The molecule has 0 aliphatic heterocycles. The molecule has 0 saturated carbocycles. The first-order chi connectivity index (χ1) is 9.47. The quantitative estimate of drug-likeness (QED) is 0.939. The highest BCUT2D eigenvalue weighted by Crippen LogP contribution is 2.28. The first kappa shape index (κ1) is 14.5. The van der Waals surface area contributed by atoms with Gasteiger partial charge in [-0.1, -0.05) is 13.3 Å². The van der Waals surface area contributed by atoms with Crippen LogP contribution in [0.2, 0.25) is 0 Å². The molecule has 1 N–H and O–H groups in total. The Bertz CT molecular complexity index is 576. The Morgan fingerprint density at radius 3 is 2.50 bits per heavy atom. The molecule has 0 aliphatic rings. The SMILES string of the molecule is CCCc1c(CO)cnn1-c1ccc(C(F)(F)F)cn1. The van der Waals surface area contributed by atoms with E-state index in [1.807, 2.05) is 6.92 Å². The average molecular weight is 285 g/mol. The summed E-state index contributed by atoms with van der Waals surface area (Å²) in [5, 5.41) is 13.3. The van der Waals surface area contributed by atoms with Crippen molar-refractivity contribution >= 4 is 0 Å². The molecule has 0 unspecified atom stereocenters. The summed E-state index contributed by atoms with van der Waals surface area (Å²) in [5.74, 6) is 0.307. The molecule has 2 heterocycles. The van der Waals surface area contributed by atoms with Crippen LogP contribution in [0.3, 0.4) is 0 Å². The summed E-state index contributed by atoms with van der Waals surface area (Å²) in [5.41, 5.74) is 0.628. The summed E-state index contributed by atoms with van der Waals surface area (Å²) in [6.07, 6.45) is -0.619. The van der Waals surface area contributed by atoms with Gasteiger partial charge in [0.25, 0.3) is 0 Å². The van der Waals surface area contributed by atoms with E-state index < -0.39 is 11.7 Å². The fourth-order valence-electron chi connectivity index (χ4n) is 1.92. The second-order valence-electron chi connectivity index (χ2n) is 4.34. The van der Waals surface area contributed by atoms with Crippen molar-refractivity contribution in [1.29, 1.82) is 0 Å². The fourth-order valence-corrected chi connectivity index (χ4v) is 1.92. The first-order valence-corrected chi connectivity index (χ1v) is 6.17. The fraction of sp³-hybridized carbons (Fsp3) is 0.385. The third kappa shape index (κ3) is 2.82. The van der Waals surface area contributed by atoms with Gasteiger partial charge in [0.2, 0.25) is 0 Å². The molecule has 2 rings (SSSR count). The molecule has 0 spiro atoms. The molecule has 0 radical (unpaired) electrons. The molecule has 0 aliphatic carbocycles. The van der Waals surface area contributed by atoms with E-state index >= 15 is 0 Å². The molecule has 0 fully saturated rings. The van der Waals surface area contributed by atoms with Crippen LogP contribution in [0.4, 0.5) is 13.2 Å². The number of aromatic nitrogens is 3. The van der Waals surface area contributed by atoms with Gasteiger partial charge in [0.05, 0.1) is 24.1 Å². The number of hydrogen-bond acceptors (Lipinski definition) is 3. The summed E-state index contributed by atoms with van der Waals surface area (Å²) in [4.78, 5) is 3.80. The molecule has 4 nitrogen and oxygen atoms in total. The zero-order valence-electron chi connectivity index (χ0n) is 10.9. The van der Waals surface area contributed by atoms with Crippen molar-refractivity contribution in [3.05, 3.63) is 41.3 Å². The molecular weight excluding hydrogens is 271 g/mol. The lowest BCUT2D eigenvalue weighted by Gasteiger charge is -2.09. The first-order valence-electron chi connectivity index (χ1n) is 6.17. The van der Waals surface area contributed by atoms with Gasteiger partial charge in [-0.25, -0.2) is 9.67 Å². The van der Waals surface area contributed by atoms with E-state index in [9.17, 15) is 18.3 Å². The summed E-state index contributed by atoms with van der Waals surface area (Å²) in [7, 11) is 0. The Hall–Kier alpha value is -1.89. The van der Waals surface area contributed by atoms with E-state index in [1.54, 1.807) is 0 Å². The minimum atomic E-state index is -4.40. The summed E-state index contributed by atoms with van der Waals surface area (Å²) in [6, 6.07) is 2.24. The van der Waals surface area contributed by atoms with Gasteiger partial charge < -0.3 is 5.11 Å². The maximum atomic E-state index is 12.5. The highest BCUT2D eigenvalue weighted by molar-refractivity contribution is 5.31. The van der Waals surface area contributed by atoms with Crippen LogP contribution in [-0.2, 0) is 19.2 Å². The highest BCUT2D eigenvalue weighted by atomic mass is 19.4. The van der Waals surface area contributed by atoms with Crippen LogP contribution in [0, 0.1) is 0 Å². The van der Waals surface area contributed by atoms with Crippen LogP contribution < -0.4 is 0 Å². The van der Waals surface area contributed by atoms with Crippen LogP contribution >= 0.6 is 0 Å². The normalized spacial score (nSPS) is 11.8. The zero-order valence-corrected chi connectivity index (χ0v) is 10.9. The Balaban J connectivity index is 2.39. The van der Waals surface area contributed by atoms with E-state index in [4.69, 9.17) is 0 Å². The maximum Gasteiger partial charge on any atom is 0.417 e. The van der Waals surface area contributed by atoms with Crippen LogP contribution in [-0.4, -0.2) is 19.9 Å². The van der Waals surface area contributed by atoms with Crippen molar-refractivity contribution in [3.63, 3.8) is 0 Å². The molecule has 7 heteroatoms. The predicted octanol–water partition coefficient (Wildman–Crippen LogP) is 2.73. The lowest BCUT2D eigenvalue weighted by atomic mass is 10.1. The van der Waals surface area contributed by atoms with Gasteiger partial charge in [0, 0.05) is 11.8 Å². The zero-order chi connectivity index (χ0) is 14.8. The van der Waals surface area contributed by atoms with Crippen LogP contribution in [0.1, 0.15) is 30.2 Å². The number of aliphatic hydroxyl groups excluding tert-OH is 1. The molecule has 2 aromatic rings. The lowest BCUT2D eigenvalue weighted by molar-refractivity contribution is -0.137. The molecule has 108 valence electrons. The smallest absolute Gasteiger partial charge is 0.392 e. The number of alkyl halides is 3. The van der Waals surface area contributed by atoms with Crippen molar-refractivity contribution in [2.45, 2.75) is 32.5 Å². The number of nitrogens with zero attached hydrogens (tertiary/aromatic N) is 3. The van der Waals surface area contributed by atoms with Crippen LogP contribution in [0.5, 0.6) is 0 Å². The second-order valence-corrected chi connectivity index (χ2v) is 4.34. The number of pyridine rings is 1. The van der Waals surface area contributed by atoms with Crippen molar-refractivity contribution in [2.24, 2.45) is 0 Å². The van der Waals surface area contributed by atoms with E-state index in [0.717, 1.165) is 24.4 Å². The number of aliphatic hydroxyl groups is 1. The van der Waals surface area contributed by atoms with Crippen LogP contribution in [0.25, 0.3) is 5.82 Å². The average Bonchev–Trinajstić information content (AvgIpc) is 2.81. The van der Waals surface area contributed by atoms with Crippen molar-refractivity contribution < 1.29 is 18.3 Å². The molecule has 2 aromatic heterocycles. The van der Waals surface area contributed by atoms with E-state index in [2.05, 4.69) is 10.1 Å². The second kappa shape index (κ2) is 5.62. The molecule has 0 amide bonds. The third-order valence-electron chi connectivity index (χ3n) is 2.90. The van der Waals surface area contributed by atoms with Gasteiger partial charge >= 0.3 is 6.18 Å². The number of halogens is 3. The summed E-state index contributed by atoms with van der Waals surface area (Å²) < 4.78 is 38.9. The van der Waals surface area contributed by atoms with Crippen LogP contribution in [0.15, 0.2) is 24.5 Å². The van der Waals surface area contributed by atoms with Crippen molar-refractivity contribution in [3.8, 4) is 5.82 Å². The number of hydrogen-bond donors (Lipinski definition) is 1. The van der Waals surface area contributed by atoms with Gasteiger partial charge in [-0.05, 0) is 18.6 Å². The van der Waals surface area contributed by atoms with Crippen molar-refractivity contribution in [2.75, 3.05) is 0 Å². The van der Waals surface area contributed by atoms with Gasteiger partial charge in [-0.15, -0.1) is 0 Å². The van der Waals surface area contributed by atoms with Gasteiger partial charge in [0.15, 0.2) is 5.82 Å². The summed E-state index contributed by atoms with van der Waals surface area (Å²) in [6.45, 7) is 1.81. The predicted molar refractivity (Wildman–Crippen MR) is 66.3 cm³/mol. The largest absolute Gasteiger partial charge is 0.417 e. The lowest BCUT2D eigenvalue weighted by Crippen LogP contribution is -2.09. The van der Waals surface area contributed by atoms with E-state index in [1.165, 1.54) is 16.9 Å². The van der Waals surface area contributed by atoms with Gasteiger partial charge in [-0.2, -0.15) is 18.3 Å². The molecular formula is C13H14F3N3O. The molecule has 0 bridgehead atoms. The summed E-state index contributed by atoms with van der Waals surface area (Å²) >= 11 is 0. The Morgan fingerprint density at radius 1 is 1.25 bits per heavy atom. The standard InChI is InChI=1S/C13H14F3N3O/c1-2-3-11-9(8-20)6-18-19(11)12-5-4-10(7-17-12)13(14,15)16/h4-7,20H,2-3,8H2,1H3. The number of rotatable bonds is 4. The van der Waals surface area contributed by atoms with Gasteiger partial charge in [-0.3, -0.25) is 0 Å². The van der Waals surface area contributed by atoms with Crippen molar-refractivity contribution in [1.82, 2.24) is 14.8 Å². The Labute approximate surface area is 113 Å². The minimum absolute atomic E-state index is 0.157. The Kier molecular flexibility index (Phi) is 4.08. The van der Waals surface area contributed by atoms with E-state index in [0.29, 0.717) is 17.8 Å². The monoisotopic (exact) mass is 285 g/mol. The molecule has 0 saturated heterocycles.